The third-order valence-electron chi connectivity index (χ3n) is 2.67. The van der Waals surface area contributed by atoms with Crippen molar-refractivity contribution in [2.45, 2.75) is 20.4 Å². The second-order valence-electron chi connectivity index (χ2n) is 4.88. The van der Waals surface area contributed by atoms with Gasteiger partial charge in [0.1, 0.15) is 5.01 Å². The highest BCUT2D eigenvalue weighted by molar-refractivity contribution is 7.15. The molecule has 2 rings (SSSR count). The van der Waals surface area contributed by atoms with Gasteiger partial charge in [-0.15, -0.1) is 11.3 Å². The van der Waals surface area contributed by atoms with Crippen molar-refractivity contribution in [3.05, 3.63) is 40.7 Å². The van der Waals surface area contributed by atoms with Gasteiger partial charge in [-0.1, -0.05) is 13.8 Å². The molecule has 2 aromatic rings. The average molecular weight is 300 g/mol. The summed E-state index contributed by atoms with van der Waals surface area (Å²) in [5, 5.41) is 3.59. The van der Waals surface area contributed by atoms with Crippen molar-refractivity contribution < 1.29 is 13.2 Å². The summed E-state index contributed by atoms with van der Waals surface area (Å²) >= 11 is 1.26. The van der Waals surface area contributed by atoms with Gasteiger partial charge in [0.05, 0.1) is 0 Å². The van der Waals surface area contributed by atoms with Crippen molar-refractivity contribution in [2.75, 3.05) is 6.54 Å². The Labute approximate surface area is 119 Å². The van der Waals surface area contributed by atoms with Crippen molar-refractivity contribution in [1.29, 1.82) is 0 Å². The monoisotopic (exact) mass is 300 g/mol. The summed E-state index contributed by atoms with van der Waals surface area (Å²) < 4.78 is 39.7. The van der Waals surface area contributed by atoms with E-state index in [0.29, 0.717) is 17.5 Å². The van der Waals surface area contributed by atoms with E-state index in [1.165, 1.54) is 17.4 Å². The summed E-state index contributed by atoms with van der Waals surface area (Å²) in [5.74, 6) is -3.31. The number of nitrogens with zero attached hydrogens (tertiary/aromatic N) is 1. The normalized spacial score (nSPS) is 11.3. The maximum Gasteiger partial charge on any atom is 0.195 e. The molecule has 0 aliphatic rings. The first-order valence-corrected chi connectivity index (χ1v) is 7.10. The third-order valence-corrected chi connectivity index (χ3v) is 3.70. The molecule has 1 N–H and O–H groups in total. The van der Waals surface area contributed by atoms with Gasteiger partial charge in [-0.2, -0.15) is 0 Å². The summed E-state index contributed by atoms with van der Waals surface area (Å²) in [6.07, 6.45) is 1.62. The fourth-order valence-corrected chi connectivity index (χ4v) is 2.59. The zero-order chi connectivity index (χ0) is 14.7. The maximum absolute atomic E-state index is 13.7. The van der Waals surface area contributed by atoms with E-state index < -0.39 is 17.5 Å². The molecular formula is C14H15F3N2S. The van der Waals surface area contributed by atoms with E-state index in [0.717, 1.165) is 17.5 Å². The minimum absolute atomic E-state index is 0.0102. The van der Waals surface area contributed by atoms with Gasteiger partial charge in [0.25, 0.3) is 0 Å². The molecule has 0 bridgehead atoms. The van der Waals surface area contributed by atoms with Crippen LogP contribution in [0.5, 0.6) is 0 Å². The van der Waals surface area contributed by atoms with E-state index >= 15 is 0 Å². The first-order valence-electron chi connectivity index (χ1n) is 6.28. The predicted molar refractivity (Wildman–Crippen MR) is 74.0 cm³/mol. The van der Waals surface area contributed by atoms with Crippen molar-refractivity contribution in [3.8, 4) is 10.6 Å². The molecule has 0 unspecified atom stereocenters. The lowest BCUT2D eigenvalue weighted by Crippen LogP contribution is -2.18. The number of benzene rings is 1. The van der Waals surface area contributed by atoms with Crippen LogP contribution in [-0.4, -0.2) is 11.5 Å². The first-order chi connectivity index (χ1) is 9.49. The lowest BCUT2D eigenvalue weighted by atomic mass is 10.2. The lowest BCUT2D eigenvalue weighted by molar-refractivity contribution is 0.449. The van der Waals surface area contributed by atoms with Crippen LogP contribution < -0.4 is 5.32 Å². The summed E-state index contributed by atoms with van der Waals surface area (Å²) in [5.41, 5.74) is -0.0102. The Hall–Kier alpha value is -1.40. The quantitative estimate of drug-likeness (QED) is 0.845. The summed E-state index contributed by atoms with van der Waals surface area (Å²) in [4.78, 5) is 4.99. The van der Waals surface area contributed by atoms with Crippen molar-refractivity contribution in [2.24, 2.45) is 5.92 Å². The van der Waals surface area contributed by atoms with Crippen LogP contribution in [0.25, 0.3) is 10.6 Å². The molecule has 0 spiro atoms. The van der Waals surface area contributed by atoms with E-state index in [2.05, 4.69) is 24.1 Å². The molecule has 0 saturated carbocycles. The van der Waals surface area contributed by atoms with Gasteiger partial charge in [-0.3, -0.25) is 0 Å². The molecule has 0 fully saturated rings. The summed E-state index contributed by atoms with van der Waals surface area (Å²) in [7, 11) is 0. The van der Waals surface area contributed by atoms with Gasteiger partial charge < -0.3 is 5.32 Å². The highest BCUT2D eigenvalue weighted by atomic mass is 32.1. The van der Waals surface area contributed by atoms with Crippen LogP contribution >= 0.6 is 11.3 Å². The number of thiazole rings is 1. The number of aromatic nitrogens is 1. The van der Waals surface area contributed by atoms with Gasteiger partial charge >= 0.3 is 0 Å². The van der Waals surface area contributed by atoms with Crippen molar-refractivity contribution in [1.82, 2.24) is 10.3 Å². The SMILES string of the molecule is CC(C)CNCc1cnc(-c2ccc(F)c(F)c2F)s1. The smallest absolute Gasteiger partial charge is 0.195 e. The number of halogens is 3. The third kappa shape index (κ3) is 3.37. The molecule has 0 amide bonds. The molecule has 1 aromatic heterocycles. The number of nitrogens with one attached hydrogen (secondary N) is 1. The van der Waals surface area contributed by atoms with Crippen LogP contribution in [0.15, 0.2) is 18.3 Å². The molecular weight excluding hydrogens is 285 g/mol. The number of rotatable bonds is 5. The molecule has 2 nitrogen and oxygen atoms in total. The lowest BCUT2D eigenvalue weighted by Gasteiger charge is -2.04. The Bertz CT molecular complexity index is 596. The Balaban J connectivity index is 2.15. The molecule has 0 aliphatic heterocycles. The van der Waals surface area contributed by atoms with E-state index in [1.54, 1.807) is 6.20 Å². The Morgan fingerprint density at radius 2 is 1.95 bits per heavy atom. The van der Waals surface area contributed by atoms with Crippen LogP contribution in [-0.2, 0) is 6.54 Å². The zero-order valence-corrected chi connectivity index (χ0v) is 12.0. The first kappa shape index (κ1) is 15.0. The number of hydrogen-bond donors (Lipinski definition) is 1. The van der Waals surface area contributed by atoms with Crippen molar-refractivity contribution >= 4 is 11.3 Å². The van der Waals surface area contributed by atoms with E-state index in [4.69, 9.17) is 0 Å². The van der Waals surface area contributed by atoms with Gasteiger partial charge in [0.2, 0.25) is 0 Å². The van der Waals surface area contributed by atoms with Gasteiger partial charge in [0, 0.05) is 23.2 Å². The van der Waals surface area contributed by atoms with Crippen LogP contribution in [0.4, 0.5) is 13.2 Å². The van der Waals surface area contributed by atoms with Gasteiger partial charge in [-0.25, -0.2) is 18.2 Å². The van der Waals surface area contributed by atoms with Crippen molar-refractivity contribution in [3.63, 3.8) is 0 Å². The number of hydrogen-bond acceptors (Lipinski definition) is 3. The fraction of sp³-hybridized carbons (Fsp3) is 0.357. The fourth-order valence-electron chi connectivity index (χ4n) is 1.69. The topological polar surface area (TPSA) is 24.9 Å². The summed E-state index contributed by atoms with van der Waals surface area (Å²) in [6.45, 7) is 5.69. The highest BCUT2D eigenvalue weighted by Gasteiger charge is 2.17. The van der Waals surface area contributed by atoms with Crippen LogP contribution in [0.1, 0.15) is 18.7 Å². The maximum atomic E-state index is 13.7. The van der Waals surface area contributed by atoms with Gasteiger partial charge in [0.15, 0.2) is 17.5 Å². The summed E-state index contributed by atoms with van der Waals surface area (Å²) in [6, 6.07) is 2.11. The average Bonchev–Trinajstić information content (AvgIpc) is 2.84. The van der Waals surface area contributed by atoms with E-state index in [9.17, 15) is 13.2 Å². The van der Waals surface area contributed by atoms with E-state index in [1.807, 2.05) is 0 Å². The van der Waals surface area contributed by atoms with Crippen LogP contribution in [0, 0.1) is 23.4 Å². The molecule has 0 aliphatic carbocycles. The zero-order valence-electron chi connectivity index (χ0n) is 11.2. The molecule has 0 saturated heterocycles. The molecule has 1 heterocycles. The van der Waals surface area contributed by atoms with Crippen LogP contribution in [0.3, 0.4) is 0 Å². The predicted octanol–water partition coefficient (Wildman–Crippen LogP) is 3.97. The minimum atomic E-state index is -1.46. The molecule has 0 radical (unpaired) electrons. The van der Waals surface area contributed by atoms with Crippen LogP contribution in [0.2, 0.25) is 0 Å². The Kier molecular flexibility index (Phi) is 4.77. The molecule has 108 valence electrons. The largest absolute Gasteiger partial charge is 0.312 e. The second kappa shape index (κ2) is 6.37. The minimum Gasteiger partial charge on any atom is -0.312 e. The molecule has 20 heavy (non-hydrogen) atoms. The van der Waals surface area contributed by atoms with E-state index in [-0.39, 0.29) is 5.56 Å². The molecule has 1 aromatic carbocycles. The highest BCUT2D eigenvalue weighted by Crippen LogP contribution is 2.29. The standard InChI is InChI=1S/C14H15F3N2S/c1-8(2)5-18-6-9-7-19-14(20-9)10-3-4-11(15)13(17)12(10)16/h3-4,7-8,18H,5-6H2,1-2H3. The second-order valence-corrected chi connectivity index (χ2v) is 5.99. The van der Waals surface area contributed by atoms with Gasteiger partial charge in [-0.05, 0) is 24.6 Å². The Morgan fingerprint density at radius 1 is 1.20 bits per heavy atom. The molecule has 0 atom stereocenters. The molecule has 6 heteroatoms. The Morgan fingerprint density at radius 3 is 2.65 bits per heavy atom.